The zero-order valence-corrected chi connectivity index (χ0v) is 13.5. The van der Waals surface area contributed by atoms with Gasteiger partial charge in [0, 0.05) is 24.3 Å². The lowest BCUT2D eigenvalue weighted by Gasteiger charge is -2.25. The van der Waals surface area contributed by atoms with Crippen LogP contribution in [0, 0.1) is 5.51 Å². The first-order chi connectivity index (χ1) is 11.1. The third-order valence-corrected chi connectivity index (χ3v) is 4.27. The molecule has 1 heterocycles. The van der Waals surface area contributed by atoms with Crippen LogP contribution in [0.5, 0.6) is 0 Å². The maximum atomic E-state index is 13.4. The summed E-state index contributed by atoms with van der Waals surface area (Å²) in [5.74, 6) is 0. The monoisotopic (exact) mass is 367 g/mol. The average Bonchev–Trinajstić information content (AvgIpc) is 2.97. The number of benzene rings is 1. The minimum Gasteiger partial charge on any atom is -0.372 e. The molecule has 0 N–H and O–H groups in total. The van der Waals surface area contributed by atoms with Gasteiger partial charge in [0.2, 0.25) is 0 Å². The van der Waals surface area contributed by atoms with Crippen molar-refractivity contribution in [3.05, 3.63) is 34.2 Å². The molecule has 2 nitrogen and oxygen atoms in total. The Kier molecular flexibility index (Phi) is 5.12. The molecule has 1 aromatic heterocycles. The minimum atomic E-state index is -4.69. The van der Waals surface area contributed by atoms with Crippen LogP contribution in [0.4, 0.5) is 32.0 Å². The smallest absolute Gasteiger partial charge is 0.372 e. The summed E-state index contributed by atoms with van der Waals surface area (Å²) in [7, 11) is 0. The normalized spacial score (nSPS) is 12.5. The van der Waals surface area contributed by atoms with Gasteiger partial charge in [0.05, 0.1) is 11.3 Å². The van der Waals surface area contributed by atoms with E-state index in [9.17, 15) is 26.3 Å². The SMILES string of the molecule is CCN(CC)c1ccc(-c2n[c]sc2C(F)(F)F)cc1C(F)(F)F. The molecule has 0 unspecified atom stereocenters. The maximum absolute atomic E-state index is 13.4. The molecule has 24 heavy (non-hydrogen) atoms. The van der Waals surface area contributed by atoms with Crippen molar-refractivity contribution in [3.8, 4) is 11.3 Å². The number of rotatable bonds is 4. The van der Waals surface area contributed by atoms with Crippen molar-refractivity contribution in [2.24, 2.45) is 0 Å². The second-order valence-corrected chi connectivity index (χ2v) is 5.68. The van der Waals surface area contributed by atoms with Crippen LogP contribution >= 0.6 is 11.3 Å². The molecule has 0 atom stereocenters. The summed E-state index contributed by atoms with van der Waals surface area (Å²) in [6.07, 6.45) is -9.38. The van der Waals surface area contributed by atoms with E-state index in [1.807, 2.05) is 0 Å². The number of hydrogen-bond donors (Lipinski definition) is 0. The van der Waals surface area contributed by atoms with Crippen LogP contribution in [0.1, 0.15) is 24.3 Å². The van der Waals surface area contributed by atoms with E-state index in [0.717, 1.165) is 0 Å². The van der Waals surface area contributed by atoms with Gasteiger partial charge in [0.25, 0.3) is 0 Å². The summed E-state index contributed by atoms with van der Waals surface area (Å²) < 4.78 is 78.9. The third kappa shape index (κ3) is 3.66. The number of nitrogens with zero attached hydrogens (tertiary/aromatic N) is 2. The van der Waals surface area contributed by atoms with Gasteiger partial charge in [-0.3, -0.25) is 0 Å². The number of thiazole rings is 1. The van der Waals surface area contributed by atoms with E-state index in [1.54, 1.807) is 13.8 Å². The fraction of sp³-hybridized carbons (Fsp3) is 0.400. The molecular formula is C15H13F6N2S. The second-order valence-electron chi connectivity index (χ2n) is 4.88. The molecule has 1 radical (unpaired) electrons. The molecular weight excluding hydrogens is 354 g/mol. The summed E-state index contributed by atoms with van der Waals surface area (Å²) in [5.41, 5.74) is 0.283. The predicted octanol–water partition coefficient (Wildman–Crippen LogP) is 5.49. The van der Waals surface area contributed by atoms with Gasteiger partial charge >= 0.3 is 12.4 Å². The van der Waals surface area contributed by atoms with E-state index >= 15 is 0 Å². The van der Waals surface area contributed by atoms with Crippen LogP contribution in [0.15, 0.2) is 18.2 Å². The maximum Gasteiger partial charge on any atom is 0.427 e. The molecule has 0 bridgehead atoms. The second kappa shape index (κ2) is 6.62. The van der Waals surface area contributed by atoms with Gasteiger partial charge in [-0.25, -0.2) is 4.98 Å². The molecule has 0 saturated carbocycles. The Morgan fingerprint density at radius 2 is 1.67 bits per heavy atom. The summed E-state index contributed by atoms with van der Waals surface area (Å²) >= 11 is 0.231. The van der Waals surface area contributed by atoms with Crippen LogP contribution in [-0.4, -0.2) is 18.1 Å². The van der Waals surface area contributed by atoms with Crippen molar-refractivity contribution < 1.29 is 26.3 Å². The topological polar surface area (TPSA) is 16.1 Å². The molecule has 131 valence electrons. The number of halogens is 6. The van der Waals surface area contributed by atoms with Gasteiger partial charge < -0.3 is 4.90 Å². The number of alkyl halides is 6. The van der Waals surface area contributed by atoms with Crippen molar-refractivity contribution in [1.82, 2.24) is 4.98 Å². The van der Waals surface area contributed by atoms with E-state index in [4.69, 9.17) is 0 Å². The lowest BCUT2D eigenvalue weighted by Crippen LogP contribution is -2.25. The molecule has 0 aliphatic rings. The molecule has 0 spiro atoms. The van der Waals surface area contributed by atoms with E-state index in [0.29, 0.717) is 19.2 Å². The first kappa shape index (κ1) is 18.6. The van der Waals surface area contributed by atoms with Gasteiger partial charge in [-0.15, -0.1) is 11.3 Å². The van der Waals surface area contributed by atoms with E-state index < -0.39 is 28.5 Å². The van der Waals surface area contributed by atoms with Crippen molar-refractivity contribution in [2.45, 2.75) is 26.2 Å². The molecule has 0 aliphatic heterocycles. The highest BCUT2D eigenvalue weighted by Crippen LogP contribution is 2.43. The van der Waals surface area contributed by atoms with E-state index in [1.165, 1.54) is 17.0 Å². The lowest BCUT2D eigenvalue weighted by atomic mass is 10.0. The highest BCUT2D eigenvalue weighted by molar-refractivity contribution is 7.09. The van der Waals surface area contributed by atoms with Crippen molar-refractivity contribution in [3.63, 3.8) is 0 Å². The van der Waals surface area contributed by atoms with Gasteiger partial charge in [0.15, 0.2) is 5.51 Å². The molecule has 0 saturated heterocycles. The third-order valence-electron chi connectivity index (χ3n) is 3.46. The predicted molar refractivity (Wildman–Crippen MR) is 80.0 cm³/mol. The quantitative estimate of drug-likeness (QED) is 0.664. The summed E-state index contributed by atoms with van der Waals surface area (Å²) in [6, 6.07) is 3.12. The Bertz CT molecular complexity index is 701. The number of hydrogen-bond acceptors (Lipinski definition) is 3. The number of anilines is 1. The van der Waals surface area contributed by atoms with Crippen LogP contribution in [0.3, 0.4) is 0 Å². The van der Waals surface area contributed by atoms with Crippen LogP contribution in [0.2, 0.25) is 0 Å². The van der Waals surface area contributed by atoms with Crippen molar-refractivity contribution in [1.29, 1.82) is 0 Å². The van der Waals surface area contributed by atoms with Crippen molar-refractivity contribution >= 4 is 17.0 Å². The molecule has 0 fully saturated rings. The summed E-state index contributed by atoms with van der Waals surface area (Å²) in [6.45, 7) is 4.10. The Morgan fingerprint density at radius 3 is 2.17 bits per heavy atom. The number of aromatic nitrogens is 1. The largest absolute Gasteiger partial charge is 0.427 e. The lowest BCUT2D eigenvalue weighted by molar-refractivity contribution is -0.137. The highest BCUT2D eigenvalue weighted by atomic mass is 32.1. The Morgan fingerprint density at radius 1 is 1.04 bits per heavy atom. The Hall–Kier alpha value is -1.77. The molecule has 2 aromatic rings. The zero-order valence-electron chi connectivity index (χ0n) is 12.7. The summed E-state index contributed by atoms with van der Waals surface area (Å²) in [4.78, 5) is 3.91. The molecule has 9 heteroatoms. The van der Waals surface area contributed by atoms with Gasteiger partial charge in [-0.05, 0) is 26.0 Å². The first-order valence-corrected chi connectivity index (χ1v) is 7.81. The molecule has 0 aliphatic carbocycles. The van der Waals surface area contributed by atoms with Gasteiger partial charge in [0.1, 0.15) is 4.88 Å². The van der Waals surface area contributed by atoms with Crippen LogP contribution < -0.4 is 4.90 Å². The minimum absolute atomic E-state index is 0.0657. The van der Waals surface area contributed by atoms with Crippen LogP contribution in [-0.2, 0) is 12.4 Å². The fourth-order valence-corrected chi connectivity index (χ4v) is 2.96. The standard InChI is InChI=1S/C15H13F6N2S/c1-3-23(4-2)11-6-5-9(7-10(11)14(16,17)18)12-13(15(19,20)21)24-8-22-12/h5-7H,3-4H2,1-2H3. The molecule has 2 rings (SSSR count). The zero-order chi connectivity index (χ0) is 18.1. The molecule has 1 aromatic carbocycles. The molecule has 0 amide bonds. The fourth-order valence-electron chi connectivity index (χ4n) is 2.35. The van der Waals surface area contributed by atoms with E-state index in [-0.39, 0.29) is 22.6 Å². The van der Waals surface area contributed by atoms with Gasteiger partial charge in [-0.2, -0.15) is 26.3 Å². The van der Waals surface area contributed by atoms with E-state index in [2.05, 4.69) is 10.5 Å². The van der Waals surface area contributed by atoms with Gasteiger partial charge in [-0.1, -0.05) is 6.07 Å². The average molecular weight is 367 g/mol. The summed E-state index contributed by atoms with van der Waals surface area (Å²) in [5, 5.41) is 0. The Balaban J connectivity index is 2.62. The highest BCUT2D eigenvalue weighted by Gasteiger charge is 2.38. The first-order valence-electron chi connectivity index (χ1n) is 7.00. The Labute approximate surface area is 138 Å². The van der Waals surface area contributed by atoms with Crippen molar-refractivity contribution in [2.75, 3.05) is 18.0 Å². The van der Waals surface area contributed by atoms with Crippen LogP contribution in [0.25, 0.3) is 11.3 Å².